The number of ether oxygens (including phenoxy) is 1. The van der Waals surface area contributed by atoms with Gasteiger partial charge in [0.1, 0.15) is 5.82 Å². The highest BCUT2D eigenvalue weighted by atomic mass is 32.2. The summed E-state index contributed by atoms with van der Waals surface area (Å²) in [6.45, 7) is 1.29. The monoisotopic (exact) mass is 345 g/mol. The summed E-state index contributed by atoms with van der Waals surface area (Å²) < 4.78 is 7.67. The van der Waals surface area contributed by atoms with Gasteiger partial charge in [-0.25, -0.2) is 4.98 Å². The average molecular weight is 345 g/mol. The van der Waals surface area contributed by atoms with Crippen LogP contribution in [0.15, 0.2) is 42.7 Å². The number of carbonyl (C=O) groups is 1. The molecular weight excluding hydrogens is 322 g/mol. The van der Waals surface area contributed by atoms with Gasteiger partial charge in [0, 0.05) is 30.4 Å². The number of hydrogen-bond acceptors (Lipinski definition) is 4. The molecule has 2 heterocycles. The molecule has 1 aliphatic heterocycles. The standard InChI is InChI=1S/C18H23N3O2S/c22-18(14-24-13-16-8-4-5-11-23-16)20-12-17-19-9-10-21(17)15-6-2-1-3-7-15/h1-3,6-7,9-10,16H,4-5,8,11-14H2,(H,20,22)/t16-/m1/s1. The van der Waals surface area contributed by atoms with Crippen LogP contribution in [0.5, 0.6) is 0 Å². The van der Waals surface area contributed by atoms with Crippen molar-refractivity contribution in [3.63, 3.8) is 0 Å². The van der Waals surface area contributed by atoms with Crippen molar-refractivity contribution in [1.29, 1.82) is 0 Å². The Labute approximate surface area is 146 Å². The summed E-state index contributed by atoms with van der Waals surface area (Å²) in [7, 11) is 0. The topological polar surface area (TPSA) is 56.1 Å². The predicted octanol–water partition coefficient (Wildman–Crippen LogP) is 2.79. The Morgan fingerprint density at radius 2 is 2.21 bits per heavy atom. The van der Waals surface area contributed by atoms with Crippen molar-refractivity contribution in [3.05, 3.63) is 48.5 Å². The molecule has 3 rings (SSSR count). The molecule has 128 valence electrons. The number of imidazole rings is 1. The molecule has 1 aliphatic rings. The van der Waals surface area contributed by atoms with Crippen molar-refractivity contribution < 1.29 is 9.53 Å². The minimum Gasteiger partial charge on any atom is -0.377 e. The van der Waals surface area contributed by atoms with Gasteiger partial charge in [-0.1, -0.05) is 18.2 Å². The Balaban J connectivity index is 1.43. The maximum absolute atomic E-state index is 12.0. The Hall–Kier alpha value is -1.79. The fourth-order valence-electron chi connectivity index (χ4n) is 2.74. The lowest BCUT2D eigenvalue weighted by Gasteiger charge is -2.21. The van der Waals surface area contributed by atoms with Crippen LogP contribution in [-0.4, -0.2) is 39.7 Å². The van der Waals surface area contributed by atoms with E-state index in [2.05, 4.69) is 10.3 Å². The van der Waals surface area contributed by atoms with Gasteiger partial charge in [-0.15, -0.1) is 11.8 Å². The number of aromatic nitrogens is 2. The van der Waals surface area contributed by atoms with Crippen LogP contribution in [0, 0.1) is 0 Å². The van der Waals surface area contributed by atoms with Crippen LogP contribution < -0.4 is 5.32 Å². The first-order valence-electron chi connectivity index (χ1n) is 8.36. The van der Waals surface area contributed by atoms with E-state index >= 15 is 0 Å². The fourth-order valence-corrected chi connectivity index (χ4v) is 3.67. The van der Waals surface area contributed by atoms with E-state index in [1.54, 1.807) is 18.0 Å². The SMILES string of the molecule is O=C(CSC[C@H]1CCCCO1)NCc1nccn1-c1ccccc1. The number of carbonyl (C=O) groups excluding carboxylic acids is 1. The van der Waals surface area contributed by atoms with Gasteiger partial charge in [0.15, 0.2) is 0 Å². The summed E-state index contributed by atoms with van der Waals surface area (Å²) in [6, 6.07) is 10.00. The van der Waals surface area contributed by atoms with Crippen molar-refractivity contribution in [3.8, 4) is 5.69 Å². The molecule has 0 bridgehead atoms. The number of amides is 1. The van der Waals surface area contributed by atoms with Crippen molar-refractivity contribution >= 4 is 17.7 Å². The molecule has 24 heavy (non-hydrogen) atoms. The van der Waals surface area contributed by atoms with Crippen LogP contribution in [0.3, 0.4) is 0 Å². The van der Waals surface area contributed by atoms with Crippen LogP contribution >= 0.6 is 11.8 Å². The lowest BCUT2D eigenvalue weighted by Crippen LogP contribution is -2.27. The lowest BCUT2D eigenvalue weighted by atomic mass is 10.1. The van der Waals surface area contributed by atoms with E-state index in [9.17, 15) is 4.79 Å². The van der Waals surface area contributed by atoms with E-state index in [0.29, 0.717) is 18.4 Å². The Bertz CT molecular complexity index is 639. The molecule has 1 aromatic heterocycles. The molecule has 1 atom stereocenters. The van der Waals surface area contributed by atoms with Crippen LogP contribution in [-0.2, 0) is 16.1 Å². The normalized spacial score (nSPS) is 17.6. The zero-order valence-electron chi connectivity index (χ0n) is 13.7. The number of thioether (sulfide) groups is 1. The summed E-state index contributed by atoms with van der Waals surface area (Å²) in [6.07, 6.45) is 7.49. The molecule has 1 fully saturated rings. The third kappa shape index (κ3) is 4.85. The molecule has 0 spiro atoms. The van der Waals surface area contributed by atoms with Gasteiger partial charge in [-0.2, -0.15) is 0 Å². The molecule has 0 unspecified atom stereocenters. The highest BCUT2D eigenvalue weighted by Gasteiger charge is 2.14. The number of nitrogens with zero attached hydrogens (tertiary/aromatic N) is 2. The summed E-state index contributed by atoms with van der Waals surface area (Å²) in [5.74, 6) is 2.23. The van der Waals surface area contributed by atoms with E-state index < -0.39 is 0 Å². The maximum atomic E-state index is 12.0. The van der Waals surface area contributed by atoms with Crippen molar-refractivity contribution in [1.82, 2.24) is 14.9 Å². The number of benzene rings is 1. The van der Waals surface area contributed by atoms with Crippen LogP contribution in [0.25, 0.3) is 5.69 Å². The smallest absolute Gasteiger partial charge is 0.230 e. The first-order valence-corrected chi connectivity index (χ1v) is 9.52. The molecule has 1 N–H and O–H groups in total. The van der Waals surface area contributed by atoms with Gasteiger partial charge in [-0.3, -0.25) is 4.79 Å². The van der Waals surface area contributed by atoms with Gasteiger partial charge < -0.3 is 14.6 Å². The third-order valence-corrected chi connectivity index (χ3v) is 5.08. The second-order valence-electron chi connectivity index (χ2n) is 5.83. The minimum absolute atomic E-state index is 0.0402. The summed E-state index contributed by atoms with van der Waals surface area (Å²) >= 11 is 1.64. The van der Waals surface area contributed by atoms with Crippen molar-refractivity contribution in [2.75, 3.05) is 18.1 Å². The van der Waals surface area contributed by atoms with E-state index in [0.717, 1.165) is 36.7 Å². The van der Waals surface area contributed by atoms with Gasteiger partial charge in [0.2, 0.25) is 5.91 Å². The van der Waals surface area contributed by atoms with Gasteiger partial charge in [0.05, 0.1) is 18.4 Å². The van der Waals surface area contributed by atoms with E-state index in [1.165, 1.54) is 6.42 Å². The summed E-state index contributed by atoms with van der Waals surface area (Å²) in [5.41, 5.74) is 1.04. The molecule has 6 heteroatoms. The summed E-state index contributed by atoms with van der Waals surface area (Å²) in [5, 5.41) is 2.95. The lowest BCUT2D eigenvalue weighted by molar-refractivity contribution is -0.118. The molecular formula is C18H23N3O2S. The Morgan fingerprint density at radius 3 is 3.00 bits per heavy atom. The number of hydrogen-bond donors (Lipinski definition) is 1. The van der Waals surface area contributed by atoms with Gasteiger partial charge in [-0.05, 0) is 31.4 Å². The Morgan fingerprint density at radius 1 is 1.33 bits per heavy atom. The van der Waals surface area contributed by atoms with Gasteiger partial charge >= 0.3 is 0 Å². The van der Waals surface area contributed by atoms with E-state index in [-0.39, 0.29) is 5.91 Å². The molecule has 1 saturated heterocycles. The average Bonchev–Trinajstić information content (AvgIpc) is 3.10. The minimum atomic E-state index is 0.0402. The zero-order chi connectivity index (χ0) is 16.6. The maximum Gasteiger partial charge on any atom is 0.230 e. The molecule has 1 aromatic carbocycles. The quantitative estimate of drug-likeness (QED) is 0.838. The molecule has 0 radical (unpaired) electrons. The van der Waals surface area contributed by atoms with E-state index in [1.807, 2.05) is 41.1 Å². The predicted molar refractivity (Wildman–Crippen MR) is 96.3 cm³/mol. The number of para-hydroxylation sites is 1. The zero-order valence-corrected chi connectivity index (χ0v) is 14.5. The van der Waals surface area contributed by atoms with Crippen molar-refractivity contribution in [2.24, 2.45) is 0 Å². The second kappa shape index (κ2) is 8.89. The fraction of sp³-hybridized carbons (Fsp3) is 0.444. The largest absolute Gasteiger partial charge is 0.377 e. The highest BCUT2D eigenvalue weighted by molar-refractivity contribution is 7.99. The van der Waals surface area contributed by atoms with Crippen molar-refractivity contribution in [2.45, 2.75) is 31.9 Å². The molecule has 0 saturated carbocycles. The number of nitrogens with one attached hydrogen (secondary N) is 1. The first kappa shape index (κ1) is 17.0. The third-order valence-electron chi connectivity index (χ3n) is 4.01. The molecule has 5 nitrogen and oxygen atoms in total. The second-order valence-corrected chi connectivity index (χ2v) is 6.86. The Kier molecular flexibility index (Phi) is 6.32. The number of rotatable bonds is 7. The van der Waals surface area contributed by atoms with Crippen LogP contribution in [0.1, 0.15) is 25.1 Å². The van der Waals surface area contributed by atoms with Gasteiger partial charge in [0.25, 0.3) is 0 Å². The first-order chi connectivity index (χ1) is 11.8. The summed E-state index contributed by atoms with van der Waals surface area (Å²) in [4.78, 5) is 16.4. The highest BCUT2D eigenvalue weighted by Crippen LogP contribution is 2.17. The van der Waals surface area contributed by atoms with Crippen LogP contribution in [0.2, 0.25) is 0 Å². The van der Waals surface area contributed by atoms with Crippen LogP contribution in [0.4, 0.5) is 0 Å². The van der Waals surface area contributed by atoms with E-state index in [4.69, 9.17) is 4.74 Å². The molecule has 2 aromatic rings. The molecule has 0 aliphatic carbocycles. The molecule has 1 amide bonds.